The van der Waals surface area contributed by atoms with E-state index in [0.717, 1.165) is 12.1 Å². The number of nitrogens with one attached hydrogen (secondary N) is 2. The van der Waals surface area contributed by atoms with Crippen molar-refractivity contribution in [3.8, 4) is 0 Å². The quantitative estimate of drug-likeness (QED) is 0.890. The molecule has 100 valence electrons. The monoisotopic (exact) mass is 296 g/mol. The molecule has 1 heterocycles. The lowest BCUT2D eigenvalue weighted by Crippen LogP contribution is -2.22. The van der Waals surface area contributed by atoms with E-state index in [1.54, 1.807) is 6.07 Å². The predicted octanol–water partition coefficient (Wildman–Crippen LogP) is 2.55. The van der Waals surface area contributed by atoms with E-state index in [-0.39, 0.29) is 5.91 Å². The highest BCUT2D eigenvalue weighted by Gasteiger charge is 2.12. The lowest BCUT2D eigenvalue weighted by Gasteiger charge is -2.04. The van der Waals surface area contributed by atoms with Crippen LogP contribution in [0.15, 0.2) is 24.3 Å². The van der Waals surface area contributed by atoms with Crippen LogP contribution in [0.2, 0.25) is 5.02 Å². The smallest absolute Gasteiger partial charge is 0.282 e. The first-order chi connectivity index (χ1) is 9.20. The summed E-state index contributed by atoms with van der Waals surface area (Å²) in [6.07, 6.45) is 0. The topological polar surface area (TPSA) is 66.9 Å². The summed E-state index contributed by atoms with van der Waals surface area (Å²) in [4.78, 5) is 11.9. The van der Waals surface area contributed by atoms with E-state index in [2.05, 4.69) is 20.8 Å². The molecule has 0 saturated carbocycles. The number of nitrogens with zero attached hydrogens (tertiary/aromatic N) is 2. The van der Waals surface area contributed by atoms with Gasteiger partial charge in [-0.3, -0.25) is 4.79 Å². The molecular weight excluding hydrogens is 284 g/mol. The Morgan fingerprint density at radius 2 is 2.16 bits per heavy atom. The number of anilines is 1. The van der Waals surface area contributed by atoms with Crippen LogP contribution in [0.5, 0.6) is 0 Å². The molecule has 2 aromatic rings. The maximum absolute atomic E-state index is 11.9. The first kappa shape index (κ1) is 13.8. The molecule has 1 amide bonds. The summed E-state index contributed by atoms with van der Waals surface area (Å²) < 4.78 is 0. The van der Waals surface area contributed by atoms with E-state index in [1.165, 1.54) is 11.3 Å². The molecule has 7 heteroatoms. The summed E-state index contributed by atoms with van der Waals surface area (Å²) in [6, 6.07) is 7.38. The molecule has 0 bridgehead atoms. The van der Waals surface area contributed by atoms with E-state index in [1.807, 2.05) is 25.1 Å². The van der Waals surface area contributed by atoms with Gasteiger partial charge in [-0.2, -0.15) is 0 Å². The summed E-state index contributed by atoms with van der Waals surface area (Å²) in [7, 11) is 0. The summed E-state index contributed by atoms with van der Waals surface area (Å²) in [6.45, 7) is 3.07. The lowest BCUT2D eigenvalue weighted by molar-refractivity contribution is 0.0950. The van der Waals surface area contributed by atoms with Gasteiger partial charge in [-0.15, -0.1) is 10.2 Å². The van der Waals surface area contributed by atoms with E-state index >= 15 is 0 Å². The van der Waals surface area contributed by atoms with Crippen molar-refractivity contribution < 1.29 is 4.79 Å². The largest absolute Gasteiger partial charge is 0.360 e. The molecule has 19 heavy (non-hydrogen) atoms. The second-order valence-electron chi connectivity index (χ2n) is 3.72. The fraction of sp³-hybridized carbons (Fsp3) is 0.250. The third kappa shape index (κ3) is 3.65. The lowest BCUT2D eigenvalue weighted by atomic mass is 10.2. The van der Waals surface area contributed by atoms with E-state index in [9.17, 15) is 4.79 Å². The normalized spacial score (nSPS) is 10.2. The van der Waals surface area contributed by atoms with Gasteiger partial charge in [0.25, 0.3) is 5.91 Å². The van der Waals surface area contributed by atoms with Crippen LogP contribution in [-0.2, 0) is 6.54 Å². The summed E-state index contributed by atoms with van der Waals surface area (Å²) >= 11 is 7.24. The van der Waals surface area contributed by atoms with Crippen LogP contribution in [0.3, 0.4) is 0 Å². The maximum atomic E-state index is 11.9. The van der Waals surface area contributed by atoms with Gasteiger partial charge in [0.05, 0.1) is 0 Å². The van der Waals surface area contributed by atoms with Gasteiger partial charge in [0.2, 0.25) is 10.1 Å². The average molecular weight is 297 g/mol. The molecule has 0 spiro atoms. The van der Waals surface area contributed by atoms with E-state index < -0.39 is 0 Å². The second kappa shape index (κ2) is 6.49. The molecule has 0 aliphatic rings. The number of benzene rings is 1. The van der Waals surface area contributed by atoms with Gasteiger partial charge in [0.1, 0.15) is 0 Å². The van der Waals surface area contributed by atoms with Crippen LogP contribution < -0.4 is 10.6 Å². The number of carbonyl (C=O) groups excluding carboxylic acids is 1. The number of rotatable bonds is 5. The standard InChI is InChI=1S/C12H13ClN4OS/c1-2-14-12-17-16-11(19-12)10(18)15-7-8-5-3-4-6-9(8)13/h3-6H,2,7H2,1H3,(H,14,17)(H,15,18). The van der Waals surface area contributed by atoms with Crippen molar-refractivity contribution in [1.82, 2.24) is 15.5 Å². The zero-order valence-corrected chi connectivity index (χ0v) is 11.9. The summed E-state index contributed by atoms with van der Waals surface area (Å²) in [5, 5.41) is 15.1. The SMILES string of the molecule is CCNc1nnc(C(=O)NCc2ccccc2Cl)s1. The van der Waals surface area contributed by atoms with Crippen LogP contribution in [-0.4, -0.2) is 22.6 Å². The first-order valence-corrected chi connectivity index (χ1v) is 6.99. The third-order valence-electron chi connectivity index (χ3n) is 2.34. The highest BCUT2D eigenvalue weighted by Crippen LogP contribution is 2.16. The number of amides is 1. The molecule has 0 saturated heterocycles. The van der Waals surface area contributed by atoms with Gasteiger partial charge >= 0.3 is 0 Å². The molecule has 2 N–H and O–H groups in total. The van der Waals surface area contributed by atoms with Crippen molar-refractivity contribution in [3.05, 3.63) is 39.9 Å². The Kier molecular flexibility index (Phi) is 4.70. The molecule has 1 aromatic heterocycles. The van der Waals surface area contributed by atoms with Gasteiger partial charge < -0.3 is 10.6 Å². The van der Waals surface area contributed by atoms with Crippen LogP contribution in [0.4, 0.5) is 5.13 Å². The maximum Gasteiger partial charge on any atom is 0.282 e. The molecule has 0 atom stereocenters. The van der Waals surface area contributed by atoms with Crippen molar-refractivity contribution >= 4 is 34.0 Å². The van der Waals surface area contributed by atoms with Crippen molar-refractivity contribution in [2.24, 2.45) is 0 Å². The first-order valence-electron chi connectivity index (χ1n) is 5.79. The Bertz CT molecular complexity index is 572. The fourth-order valence-electron chi connectivity index (χ4n) is 1.43. The third-order valence-corrected chi connectivity index (χ3v) is 3.59. The molecular formula is C12H13ClN4OS. The predicted molar refractivity (Wildman–Crippen MR) is 76.7 cm³/mol. The summed E-state index contributed by atoms with van der Waals surface area (Å²) in [5.74, 6) is -0.249. The van der Waals surface area contributed by atoms with Crippen molar-refractivity contribution in [1.29, 1.82) is 0 Å². The number of carbonyl (C=O) groups is 1. The van der Waals surface area contributed by atoms with E-state index in [4.69, 9.17) is 11.6 Å². The molecule has 0 unspecified atom stereocenters. The number of halogens is 1. The van der Waals surface area contributed by atoms with Crippen LogP contribution in [0.25, 0.3) is 0 Å². The summed E-state index contributed by atoms with van der Waals surface area (Å²) in [5.41, 5.74) is 0.869. The Morgan fingerprint density at radius 1 is 1.37 bits per heavy atom. The van der Waals surface area contributed by atoms with Gasteiger partial charge in [-0.25, -0.2) is 0 Å². The Morgan fingerprint density at radius 3 is 2.89 bits per heavy atom. The fourth-order valence-corrected chi connectivity index (χ4v) is 2.36. The Labute approximate surface area is 120 Å². The number of hydrogen-bond acceptors (Lipinski definition) is 5. The Hall–Kier alpha value is -1.66. The van der Waals surface area contributed by atoms with Crippen molar-refractivity contribution in [2.45, 2.75) is 13.5 Å². The number of aromatic nitrogens is 2. The highest BCUT2D eigenvalue weighted by atomic mass is 35.5. The minimum Gasteiger partial charge on any atom is -0.360 e. The van der Waals surface area contributed by atoms with Crippen LogP contribution in [0.1, 0.15) is 22.3 Å². The van der Waals surface area contributed by atoms with Gasteiger partial charge in [-0.05, 0) is 18.6 Å². The molecule has 1 aromatic carbocycles. The molecule has 0 aliphatic heterocycles. The molecule has 0 aliphatic carbocycles. The van der Waals surface area contributed by atoms with Crippen LogP contribution in [0, 0.1) is 0 Å². The Balaban J connectivity index is 1.95. The van der Waals surface area contributed by atoms with Crippen molar-refractivity contribution in [2.75, 3.05) is 11.9 Å². The minimum absolute atomic E-state index is 0.249. The second-order valence-corrected chi connectivity index (χ2v) is 5.10. The molecule has 0 radical (unpaired) electrons. The van der Waals surface area contributed by atoms with Crippen molar-refractivity contribution in [3.63, 3.8) is 0 Å². The van der Waals surface area contributed by atoms with Gasteiger partial charge in [-0.1, -0.05) is 41.1 Å². The zero-order valence-electron chi connectivity index (χ0n) is 10.3. The van der Waals surface area contributed by atoms with Gasteiger partial charge in [0, 0.05) is 18.1 Å². The van der Waals surface area contributed by atoms with E-state index in [0.29, 0.717) is 21.7 Å². The number of hydrogen-bond donors (Lipinski definition) is 2. The molecule has 2 rings (SSSR count). The zero-order chi connectivity index (χ0) is 13.7. The molecule has 0 fully saturated rings. The molecule has 5 nitrogen and oxygen atoms in total. The van der Waals surface area contributed by atoms with Crippen LogP contribution >= 0.6 is 22.9 Å². The van der Waals surface area contributed by atoms with Gasteiger partial charge in [0.15, 0.2) is 0 Å². The highest BCUT2D eigenvalue weighted by molar-refractivity contribution is 7.17. The minimum atomic E-state index is -0.249. The average Bonchev–Trinajstić information content (AvgIpc) is 2.87.